The number of amides is 1. The van der Waals surface area contributed by atoms with Crippen molar-refractivity contribution in [1.29, 1.82) is 0 Å². The number of aromatic nitrogens is 2. The lowest BCUT2D eigenvalue weighted by Crippen LogP contribution is -2.31. The number of nitrogens with one attached hydrogen (secondary N) is 2. The molecule has 1 aliphatic rings. The molecular formula is C15H18N6O. The van der Waals surface area contributed by atoms with Gasteiger partial charge in [-0.1, -0.05) is 18.2 Å². The van der Waals surface area contributed by atoms with Crippen LogP contribution in [0.3, 0.4) is 0 Å². The Morgan fingerprint density at radius 1 is 1.14 bits per heavy atom. The quantitative estimate of drug-likeness (QED) is 0.739. The number of carbonyl (C=O) groups excluding carboxylic acids is 1. The van der Waals surface area contributed by atoms with Crippen LogP contribution in [0, 0.1) is 0 Å². The molecule has 22 heavy (non-hydrogen) atoms. The Morgan fingerprint density at radius 2 is 1.86 bits per heavy atom. The minimum Gasteiger partial charge on any atom is -0.393 e. The van der Waals surface area contributed by atoms with Gasteiger partial charge in [0.2, 0.25) is 0 Å². The lowest BCUT2D eigenvalue weighted by molar-refractivity contribution is 0.0962. The molecule has 0 saturated carbocycles. The van der Waals surface area contributed by atoms with Crippen LogP contribution in [0.25, 0.3) is 0 Å². The van der Waals surface area contributed by atoms with Crippen LogP contribution < -0.4 is 21.5 Å². The lowest BCUT2D eigenvalue weighted by atomic mass is 10.2. The van der Waals surface area contributed by atoms with Crippen molar-refractivity contribution in [3.63, 3.8) is 0 Å². The number of hydrogen-bond donors (Lipinski definition) is 3. The van der Waals surface area contributed by atoms with E-state index in [-0.39, 0.29) is 5.91 Å². The van der Waals surface area contributed by atoms with Gasteiger partial charge in [0.05, 0.1) is 0 Å². The molecule has 1 amide bonds. The van der Waals surface area contributed by atoms with Gasteiger partial charge in [-0.25, -0.2) is 9.97 Å². The topological polar surface area (TPSA) is 96.2 Å². The van der Waals surface area contributed by atoms with Crippen molar-refractivity contribution in [2.24, 2.45) is 0 Å². The number of nitrogens with two attached hydrogens (primary N) is 1. The van der Waals surface area contributed by atoms with Crippen LogP contribution in [0.5, 0.6) is 0 Å². The third-order valence-corrected chi connectivity index (χ3v) is 3.60. The second kappa shape index (κ2) is 6.30. The minimum absolute atomic E-state index is 0.249. The average Bonchev–Trinajstić information content (AvgIpc) is 3.08. The average molecular weight is 298 g/mol. The van der Waals surface area contributed by atoms with Gasteiger partial charge in [-0.3, -0.25) is 15.6 Å². The van der Waals surface area contributed by atoms with Crippen LogP contribution in [0.2, 0.25) is 0 Å². The molecular weight excluding hydrogens is 280 g/mol. The van der Waals surface area contributed by atoms with Gasteiger partial charge >= 0.3 is 0 Å². The van der Waals surface area contributed by atoms with Crippen molar-refractivity contribution in [3.8, 4) is 0 Å². The number of hydrogen-bond acceptors (Lipinski definition) is 6. The van der Waals surface area contributed by atoms with Gasteiger partial charge in [0.25, 0.3) is 5.91 Å². The van der Waals surface area contributed by atoms with E-state index >= 15 is 0 Å². The van der Waals surface area contributed by atoms with Crippen molar-refractivity contribution in [1.82, 2.24) is 15.4 Å². The molecule has 0 radical (unpaired) electrons. The number of rotatable bonds is 4. The van der Waals surface area contributed by atoms with Gasteiger partial charge in [-0.2, -0.15) is 0 Å². The molecule has 7 nitrogen and oxygen atoms in total. The van der Waals surface area contributed by atoms with Crippen molar-refractivity contribution in [2.75, 3.05) is 29.1 Å². The van der Waals surface area contributed by atoms with E-state index in [9.17, 15) is 4.79 Å². The normalized spacial score (nSPS) is 13.9. The summed E-state index contributed by atoms with van der Waals surface area (Å²) in [5.41, 5.74) is 12.5. The molecule has 4 N–H and O–H groups in total. The summed E-state index contributed by atoms with van der Waals surface area (Å²) in [5, 5.41) is 0. The minimum atomic E-state index is -0.249. The Hall–Kier alpha value is -2.83. The van der Waals surface area contributed by atoms with E-state index in [4.69, 9.17) is 5.73 Å². The first-order valence-electron chi connectivity index (χ1n) is 7.22. The van der Waals surface area contributed by atoms with E-state index in [1.54, 1.807) is 24.3 Å². The predicted molar refractivity (Wildman–Crippen MR) is 85.4 cm³/mol. The number of hydrazine groups is 1. The number of nitrogen functional groups attached to an aromatic ring is 1. The summed E-state index contributed by atoms with van der Waals surface area (Å²) in [6.45, 7) is 1.88. The number of benzene rings is 1. The van der Waals surface area contributed by atoms with E-state index in [1.807, 2.05) is 6.07 Å². The van der Waals surface area contributed by atoms with Crippen LogP contribution in [-0.4, -0.2) is 29.0 Å². The fraction of sp³-hybridized carbons (Fsp3) is 0.267. The fourth-order valence-electron chi connectivity index (χ4n) is 2.44. The van der Waals surface area contributed by atoms with E-state index in [0.29, 0.717) is 22.9 Å². The molecule has 1 aromatic carbocycles. The lowest BCUT2D eigenvalue weighted by Gasteiger charge is -2.19. The third kappa shape index (κ3) is 2.93. The number of anilines is 3. The second-order valence-corrected chi connectivity index (χ2v) is 5.10. The highest BCUT2D eigenvalue weighted by atomic mass is 16.2. The maximum atomic E-state index is 12.0. The SMILES string of the molecule is Nc1c(NNC(=O)c2ccccc2)ncnc1N1CCCC1. The van der Waals surface area contributed by atoms with Gasteiger partial charge in [-0.15, -0.1) is 0 Å². The zero-order valence-electron chi connectivity index (χ0n) is 12.1. The molecule has 0 bridgehead atoms. The molecule has 114 valence electrons. The van der Waals surface area contributed by atoms with Gasteiger partial charge < -0.3 is 10.6 Å². The Balaban J connectivity index is 1.70. The summed E-state index contributed by atoms with van der Waals surface area (Å²) in [4.78, 5) is 22.5. The molecule has 1 fully saturated rings. The van der Waals surface area contributed by atoms with Crippen molar-refractivity contribution >= 4 is 23.2 Å². The first-order valence-corrected chi connectivity index (χ1v) is 7.22. The predicted octanol–water partition coefficient (Wildman–Crippen LogP) is 1.42. The Bertz CT molecular complexity index is 654. The van der Waals surface area contributed by atoms with E-state index in [0.717, 1.165) is 25.9 Å². The Labute approximate surface area is 128 Å². The van der Waals surface area contributed by atoms with Gasteiger partial charge in [0.1, 0.15) is 12.0 Å². The van der Waals surface area contributed by atoms with Gasteiger partial charge in [-0.05, 0) is 25.0 Å². The molecule has 1 aliphatic heterocycles. The van der Waals surface area contributed by atoms with Crippen molar-refractivity contribution in [3.05, 3.63) is 42.2 Å². The van der Waals surface area contributed by atoms with E-state index in [2.05, 4.69) is 25.7 Å². The second-order valence-electron chi connectivity index (χ2n) is 5.10. The van der Waals surface area contributed by atoms with E-state index in [1.165, 1.54) is 6.33 Å². The first kappa shape index (κ1) is 14.1. The van der Waals surface area contributed by atoms with Crippen molar-refractivity contribution < 1.29 is 4.79 Å². The summed E-state index contributed by atoms with van der Waals surface area (Å²) in [5.74, 6) is 0.867. The summed E-state index contributed by atoms with van der Waals surface area (Å²) in [7, 11) is 0. The zero-order valence-corrected chi connectivity index (χ0v) is 12.1. The molecule has 1 saturated heterocycles. The monoisotopic (exact) mass is 298 g/mol. The highest BCUT2D eigenvalue weighted by molar-refractivity contribution is 5.95. The molecule has 2 aromatic rings. The molecule has 7 heteroatoms. The van der Waals surface area contributed by atoms with Crippen LogP contribution in [-0.2, 0) is 0 Å². The van der Waals surface area contributed by atoms with E-state index < -0.39 is 0 Å². The van der Waals surface area contributed by atoms with Crippen LogP contribution in [0.4, 0.5) is 17.3 Å². The molecule has 0 unspecified atom stereocenters. The highest BCUT2D eigenvalue weighted by Crippen LogP contribution is 2.28. The van der Waals surface area contributed by atoms with Gasteiger partial charge in [0.15, 0.2) is 11.6 Å². The number of carbonyl (C=O) groups is 1. The van der Waals surface area contributed by atoms with Crippen molar-refractivity contribution in [2.45, 2.75) is 12.8 Å². The van der Waals surface area contributed by atoms with Crippen LogP contribution in [0.1, 0.15) is 23.2 Å². The van der Waals surface area contributed by atoms with Crippen LogP contribution in [0.15, 0.2) is 36.7 Å². The highest BCUT2D eigenvalue weighted by Gasteiger charge is 2.18. The molecule has 0 atom stereocenters. The summed E-state index contributed by atoms with van der Waals surface area (Å²) < 4.78 is 0. The first-order chi connectivity index (χ1) is 10.8. The summed E-state index contributed by atoms with van der Waals surface area (Å²) in [6.07, 6.45) is 3.72. The molecule has 3 rings (SSSR count). The fourth-order valence-corrected chi connectivity index (χ4v) is 2.44. The molecule has 1 aromatic heterocycles. The molecule has 0 spiro atoms. The van der Waals surface area contributed by atoms with Crippen LogP contribution >= 0.6 is 0 Å². The molecule has 2 heterocycles. The Kier molecular flexibility index (Phi) is 4.04. The standard InChI is InChI=1S/C15H18N6O/c16-12-13(17-10-18-14(12)21-8-4-5-9-21)19-20-15(22)11-6-2-1-3-7-11/h1-3,6-7,10H,4-5,8-9,16H2,(H,20,22)(H,17,18,19). The maximum Gasteiger partial charge on any atom is 0.269 e. The third-order valence-electron chi connectivity index (χ3n) is 3.60. The smallest absolute Gasteiger partial charge is 0.269 e. The van der Waals surface area contributed by atoms with Gasteiger partial charge in [0, 0.05) is 18.7 Å². The maximum absolute atomic E-state index is 12.0. The summed E-state index contributed by atoms with van der Waals surface area (Å²) >= 11 is 0. The largest absolute Gasteiger partial charge is 0.393 e. The number of nitrogens with zero attached hydrogens (tertiary/aromatic N) is 3. The Morgan fingerprint density at radius 3 is 2.59 bits per heavy atom. The molecule has 0 aliphatic carbocycles. The summed E-state index contributed by atoms with van der Waals surface area (Å²) in [6, 6.07) is 8.93. The zero-order chi connectivity index (χ0) is 15.4.